The molecular formula is C15H26ClN5. The summed E-state index contributed by atoms with van der Waals surface area (Å²) >= 11 is 6.09. The van der Waals surface area contributed by atoms with E-state index in [0.29, 0.717) is 12.1 Å². The largest absolute Gasteiger partial charge is 0.368 e. The van der Waals surface area contributed by atoms with Crippen LogP contribution >= 0.6 is 11.8 Å². The summed E-state index contributed by atoms with van der Waals surface area (Å²) in [6.07, 6.45) is 14.8. The molecule has 6 heteroatoms. The highest BCUT2D eigenvalue weighted by Crippen LogP contribution is 2.21. The molecule has 5 nitrogen and oxygen atoms in total. The SMILES string of the molecule is ClN1NC(NC2CCCCC2)=CC(=NC2CCCCC2)N1. The smallest absolute Gasteiger partial charge is 0.141 e. The molecule has 0 spiro atoms. The van der Waals surface area contributed by atoms with Crippen molar-refractivity contribution in [1.82, 2.24) is 20.8 Å². The Balaban J connectivity index is 1.62. The molecule has 2 fully saturated rings. The fourth-order valence-corrected chi connectivity index (χ4v) is 3.63. The Bertz CT molecular complexity index is 397. The van der Waals surface area contributed by atoms with Gasteiger partial charge in [0.1, 0.15) is 11.7 Å². The molecule has 1 heterocycles. The van der Waals surface area contributed by atoms with Gasteiger partial charge in [0.05, 0.1) is 6.04 Å². The van der Waals surface area contributed by atoms with Gasteiger partial charge < -0.3 is 5.32 Å². The third-order valence-corrected chi connectivity index (χ3v) is 4.74. The van der Waals surface area contributed by atoms with Crippen molar-refractivity contribution >= 4 is 17.6 Å². The highest BCUT2D eigenvalue weighted by Gasteiger charge is 2.20. The van der Waals surface area contributed by atoms with E-state index in [-0.39, 0.29) is 0 Å². The van der Waals surface area contributed by atoms with Crippen LogP contribution < -0.4 is 16.2 Å². The number of amidine groups is 1. The Hall–Kier alpha value is -0.940. The van der Waals surface area contributed by atoms with Crippen LogP contribution in [-0.4, -0.2) is 22.6 Å². The van der Waals surface area contributed by atoms with E-state index < -0.39 is 0 Å². The first kappa shape index (κ1) is 15.0. The maximum Gasteiger partial charge on any atom is 0.141 e. The number of rotatable bonds is 3. The lowest BCUT2D eigenvalue weighted by atomic mass is 9.95. The molecule has 0 aromatic heterocycles. The van der Waals surface area contributed by atoms with E-state index in [0.717, 1.165) is 11.7 Å². The van der Waals surface area contributed by atoms with Crippen LogP contribution in [0.3, 0.4) is 0 Å². The fraction of sp³-hybridized carbons (Fsp3) is 0.800. The molecule has 118 valence electrons. The molecule has 0 saturated heterocycles. The minimum atomic E-state index is 0.441. The molecule has 3 aliphatic rings. The molecule has 0 aromatic rings. The van der Waals surface area contributed by atoms with Gasteiger partial charge in [0.25, 0.3) is 0 Å². The molecule has 0 amide bonds. The molecule has 0 radical (unpaired) electrons. The molecule has 0 atom stereocenters. The second-order valence-electron chi connectivity index (χ2n) is 6.35. The van der Waals surface area contributed by atoms with Crippen LogP contribution in [0.15, 0.2) is 16.9 Å². The van der Waals surface area contributed by atoms with Crippen LogP contribution in [0, 0.1) is 0 Å². The first-order valence-electron chi connectivity index (χ1n) is 8.35. The van der Waals surface area contributed by atoms with Crippen molar-refractivity contribution in [2.45, 2.75) is 76.3 Å². The van der Waals surface area contributed by atoms with Crippen molar-refractivity contribution in [2.75, 3.05) is 0 Å². The normalized spacial score (nSPS) is 27.9. The van der Waals surface area contributed by atoms with Gasteiger partial charge in [-0.1, -0.05) is 38.5 Å². The number of hydrogen-bond donors (Lipinski definition) is 3. The molecule has 0 aromatic carbocycles. The van der Waals surface area contributed by atoms with Gasteiger partial charge in [0.2, 0.25) is 0 Å². The predicted octanol–water partition coefficient (Wildman–Crippen LogP) is 2.96. The summed E-state index contributed by atoms with van der Waals surface area (Å²) in [5, 5.41) is 3.56. The predicted molar refractivity (Wildman–Crippen MR) is 86.4 cm³/mol. The van der Waals surface area contributed by atoms with Crippen LogP contribution in [0.1, 0.15) is 64.2 Å². The Kier molecular flexibility index (Phi) is 5.25. The van der Waals surface area contributed by atoms with E-state index in [2.05, 4.69) is 16.2 Å². The first-order valence-corrected chi connectivity index (χ1v) is 8.69. The van der Waals surface area contributed by atoms with Crippen molar-refractivity contribution < 1.29 is 0 Å². The zero-order chi connectivity index (χ0) is 14.5. The third-order valence-electron chi connectivity index (χ3n) is 4.57. The van der Waals surface area contributed by atoms with Gasteiger partial charge in [-0.15, -0.1) is 0 Å². The number of nitrogens with one attached hydrogen (secondary N) is 3. The van der Waals surface area contributed by atoms with Gasteiger partial charge >= 0.3 is 0 Å². The van der Waals surface area contributed by atoms with Gasteiger partial charge in [0, 0.05) is 23.9 Å². The average molecular weight is 312 g/mol. The van der Waals surface area contributed by atoms with E-state index in [1.54, 1.807) is 0 Å². The summed E-state index contributed by atoms with van der Waals surface area (Å²) in [5.74, 6) is 1.80. The topological polar surface area (TPSA) is 51.7 Å². The summed E-state index contributed by atoms with van der Waals surface area (Å²) in [6.45, 7) is 0. The lowest BCUT2D eigenvalue weighted by Crippen LogP contribution is -2.52. The van der Waals surface area contributed by atoms with Gasteiger partial charge in [-0.3, -0.25) is 15.8 Å². The maximum atomic E-state index is 6.09. The molecule has 0 bridgehead atoms. The molecule has 2 aliphatic carbocycles. The fourth-order valence-electron chi connectivity index (χ4n) is 3.45. The average Bonchev–Trinajstić information content (AvgIpc) is 2.48. The molecule has 1 aliphatic heterocycles. The summed E-state index contributed by atoms with van der Waals surface area (Å²) in [4.78, 5) is 4.81. The number of aliphatic imine (C=N–C) groups is 1. The monoisotopic (exact) mass is 311 g/mol. The Labute approximate surface area is 132 Å². The Morgan fingerprint density at radius 2 is 1.67 bits per heavy atom. The Morgan fingerprint density at radius 1 is 1.00 bits per heavy atom. The van der Waals surface area contributed by atoms with E-state index >= 15 is 0 Å². The molecule has 0 unspecified atom stereocenters. The van der Waals surface area contributed by atoms with Gasteiger partial charge in [-0.2, -0.15) is 0 Å². The van der Waals surface area contributed by atoms with Crippen molar-refractivity contribution in [1.29, 1.82) is 0 Å². The van der Waals surface area contributed by atoms with Crippen molar-refractivity contribution in [2.24, 2.45) is 4.99 Å². The quantitative estimate of drug-likeness (QED) is 0.701. The highest BCUT2D eigenvalue weighted by atomic mass is 35.5. The molecular weight excluding hydrogens is 286 g/mol. The van der Waals surface area contributed by atoms with Crippen LogP contribution in [0.5, 0.6) is 0 Å². The summed E-state index contributed by atoms with van der Waals surface area (Å²) in [7, 11) is 0. The second-order valence-corrected chi connectivity index (χ2v) is 6.69. The summed E-state index contributed by atoms with van der Waals surface area (Å²) in [5.41, 5.74) is 6.14. The highest BCUT2D eigenvalue weighted by molar-refractivity contribution is 6.14. The minimum Gasteiger partial charge on any atom is -0.368 e. The number of nitrogens with zero attached hydrogens (tertiary/aromatic N) is 2. The first-order chi connectivity index (χ1) is 10.3. The minimum absolute atomic E-state index is 0.441. The zero-order valence-electron chi connectivity index (χ0n) is 12.6. The van der Waals surface area contributed by atoms with Crippen LogP contribution in [0.2, 0.25) is 0 Å². The van der Waals surface area contributed by atoms with Crippen molar-refractivity contribution in [3.63, 3.8) is 0 Å². The van der Waals surface area contributed by atoms with E-state index in [9.17, 15) is 0 Å². The van der Waals surface area contributed by atoms with Gasteiger partial charge in [-0.05, 0) is 30.3 Å². The maximum absolute atomic E-state index is 6.09. The lowest BCUT2D eigenvalue weighted by molar-refractivity contribution is 0.294. The lowest BCUT2D eigenvalue weighted by Gasteiger charge is -2.31. The van der Waals surface area contributed by atoms with Gasteiger partial charge in [-0.25, -0.2) is 0 Å². The zero-order valence-corrected chi connectivity index (χ0v) is 13.3. The third kappa shape index (κ3) is 4.51. The van der Waals surface area contributed by atoms with Gasteiger partial charge in [0.15, 0.2) is 0 Å². The van der Waals surface area contributed by atoms with Crippen LogP contribution in [0.25, 0.3) is 0 Å². The van der Waals surface area contributed by atoms with E-state index in [1.165, 1.54) is 68.8 Å². The van der Waals surface area contributed by atoms with Crippen molar-refractivity contribution in [3.8, 4) is 0 Å². The van der Waals surface area contributed by atoms with E-state index in [4.69, 9.17) is 16.8 Å². The number of hydrazine groups is 2. The second kappa shape index (κ2) is 7.36. The van der Waals surface area contributed by atoms with Crippen molar-refractivity contribution in [3.05, 3.63) is 11.9 Å². The molecule has 2 saturated carbocycles. The number of hydrogen-bond acceptors (Lipinski definition) is 4. The summed E-state index contributed by atoms with van der Waals surface area (Å²) < 4.78 is 1.37. The molecule has 3 N–H and O–H groups in total. The van der Waals surface area contributed by atoms with Crippen LogP contribution in [-0.2, 0) is 0 Å². The standard InChI is InChI=1S/C15H26ClN5/c16-21-19-14(17-12-7-3-1-4-8-12)11-15(20-21)18-13-9-5-2-6-10-13/h11-13,17,19H,1-10H2,(H,18,20). The summed E-state index contributed by atoms with van der Waals surface area (Å²) in [6, 6.07) is 0.994. The molecule has 21 heavy (non-hydrogen) atoms. The van der Waals surface area contributed by atoms with E-state index in [1.807, 2.05) is 6.08 Å². The Morgan fingerprint density at radius 3 is 2.38 bits per heavy atom. The number of halogens is 1. The van der Waals surface area contributed by atoms with Crippen LogP contribution in [0.4, 0.5) is 0 Å². The molecule has 3 rings (SSSR count).